The van der Waals surface area contributed by atoms with Crippen LogP contribution in [0.2, 0.25) is 0 Å². The highest BCUT2D eigenvalue weighted by Gasteiger charge is 2.22. The smallest absolute Gasteiger partial charge is 0.115 e. The van der Waals surface area contributed by atoms with E-state index in [0.717, 1.165) is 18.5 Å². The summed E-state index contributed by atoms with van der Waals surface area (Å²) in [4.78, 5) is 2.10. The van der Waals surface area contributed by atoms with Crippen LogP contribution < -0.4 is 10.2 Å². The molecule has 0 radical (unpaired) electrons. The lowest BCUT2D eigenvalue weighted by atomic mass is 10.1. The summed E-state index contributed by atoms with van der Waals surface area (Å²) < 4.78 is 0. The zero-order valence-electron chi connectivity index (χ0n) is 11.9. The number of phenols is 1. The van der Waals surface area contributed by atoms with Crippen molar-refractivity contribution in [2.45, 2.75) is 18.9 Å². The fourth-order valence-corrected chi connectivity index (χ4v) is 2.83. The van der Waals surface area contributed by atoms with Gasteiger partial charge in [-0.1, -0.05) is 12.1 Å². The Bertz CT molecular complexity index is 622. The second kappa shape index (κ2) is 5.08. The summed E-state index contributed by atoms with van der Waals surface area (Å²) in [7, 11) is 4.10. The van der Waals surface area contributed by atoms with Crippen molar-refractivity contribution in [3.63, 3.8) is 0 Å². The van der Waals surface area contributed by atoms with E-state index in [4.69, 9.17) is 0 Å². The lowest BCUT2D eigenvalue weighted by Crippen LogP contribution is -2.10. The van der Waals surface area contributed by atoms with Gasteiger partial charge in [0, 0.05) is 25.5 Å². The molecule has 2 aromatic rings. The van der Waals surface area contributed by atoms with Crippen molar-refractivity contribution in [1.29, 1.82) is 0 Å². The molecule has 3 rings (SSSR count). The highest BCUT2D eigenvalue weighted by atomic mass is 16.3. The van der Waals surface area contributed by atoms with Gasteiger partial charge in [-0.25, -0.2) is 0 Å². The van der Waals surface area contributed by atoms with E-state index >= 15 is 0 Å². The number of aromatic hydroxyl groups is 1. The largest absolute Gasteiger partial charge is 0.508 e. The molecule has 0 aliphatic heterocycles. The molecule has 3 nitrogen and oxygen atoms in total. The molecular formula is C17H20N2O. The third kappa shape index (κ3) is 2.44. The predicted octanol–water partition coefficient (Wildman–Crippen LogP) is 3.56. The Balaban J connectivity index is 1.82. The molecule has 0 fully saturated rings. The van der Waals surface area contributed by atoms with Crippen LogP contribution in [0.15, 0.2) is 42.5 Å². The third-order valence-corrected chi connectivity index (χ3v) is 3.91. The topological polar surface area (TPSA) is 35.5 Å². The zero-order valence-corrected chi connectivity index (χ0v) is 11.9. The van der Waals surface area contributed by atoms with Crippen molar-refractivity contribution in [3.05, 3.63) is 53.6 Å². The summed E-state index contributed by atoms with van der Waals surface area (Å²) in [6, 6.07) is 14.5. The molecule has 104 valence electrons. The summed E-state index contributed by atoms with van der Waals surface area (Å²) in [5.74, 6) is 0.360. The van der Waals surface area contributed by atoms with Gasteiger partial charge in [-0.3, -0.25) is 0 Å². The van der Waals surface area contributed by atoms with Crippen molar-refractivity contribution in [3.8, 4) is 5.75 Å². The molecule has 0 aromatic heterocycles. The van der Waals surface area contributed by atoms with Crippen LogP contribution in [0.25, 0.3) is 0 Å². The average Bonchev–Trinajstić information content (AvgIpc) is 2.81. The van der Waals surface area contributed by atoms with Crippen LogP contribution in [0, 0.1) is 0 Å². The van der Waals surface area contributed by atoms with Gasteiger partial charge < -0.3 is 15.3 Å². The molecule has 0 saturated heterocycles. The Morgan fingerprint density at radius 2 is 2.00 bits per heavy atom. The normalized spacial score (nSPS) is 16.8. The molecular weight excluding hydrogens is 248 g/mol. The fraction of sp³-hybridized carbons (Fsp3) is 0.294. The highest BCUT2D eigenvalue weighted by Crippen LogP contribution is 2.36. The first-order chi connectivity index (χ1) is 9.63. The molecule has 20 heavy (non-hydrogen) atoms. The molecule has 0 spiro atoms. The SMILES string of the molecule is CN(C)c1cccc(NC2CCc3cc(O)ccc32)c1. The molecule has 0 bridgehead atoms. The number of aryl methyl sites for hydroxylation is 1. The maximum atomic E-state index is 9.54. The van der Waals surface area contributed by atoms with E-state index in [9.17, 15) is 5.11 Å². The molecule has 3 heteroatoms. The number of hydrogen-bond acceptors (Lipinski definition) is 3. The monoisotopic (exact) mass is 268 g/mol. The molecule has 0 saturated carbocycles. The van der Waals surface area contributed by atoms with Gasteiger partial charge in [0.1, 0.15) is 5.75 Å². The van der Waals surface area contributed by atoms with Crippen molar-refractivity contribution in [2.75, 3.05) is 24.3 Å². The van der Waals surface area contributed by atoms with E-state index in [2.05, 4.69) is 34.5 Å². The van der Waals surface area contributed by atoms with Gasteiger partial charge in [-0.05, 0) is 54.3 Å². The van der Waals surface area contributed by atoms with Crippen LogP contribution in [0.5, 0.6) is 5.75 Å². The van der Waals surface area contributed by atoms with E-state index in [0.29, 0.717) is 11.8 Å². The summed E-state index contributed by atoms with van der Waals surface area (Å²) in [6.07, 6.45) is 2.10. The first-order valence-electron chi connectivity index (χ1n) is 6.99. The van der Waals surface area contributed by atoms with Crippen LogP contribution in [-0.2, 0) is 6.42 Å². The molecule has 1 aliphatic rings. The lowest BCUT2D eigenvalue weighted by molar-refractivity contribution is 0.474. The number of phenolic OH excluding ortho intramolecular Hbond substituents is 1. The molecule has 1 unspecified atom stereocenters. The quantitative estimate of drug-likeness (QED) is 0.893. The number of benzene rings is 2. The first-order valence-corrected chi connectivity index (χ1v) is 6.99. The minimum atomic E-state index is 0.336. The Morgan fingerprint density at radius 1 is 1.15 bits per heavy atom. The maximum absolute atomic E-state index is 9.54. The minimum Gasteiger partial charge on any atom is -0.508 e. The van der Waals surface area contributed by atoms with Crippen LogP contribution in [-0.4, -0.2) is 19.2 Å². The number of fused-ring (bicyclic) bond motifs is 1. The molecule has 2 N–H and O–H groups in total. The van der Waals surface area contributed by atoms with Gasteiger partial charge in [0.15, 0.2) is 0 Å². The molecule has 1 aliphatic carbocycles. The molecule has 0 amide bonds. The second-order valence-corrected chi connectivity index (χ2v) is 5.56. The van der Waals surface area contributed by atoms with Gasteiger partial charge in [-0.2, -0.15) is 0 Å². The Kier molecular flexibility index (Phi) is 3.26. The van der Waals surface area contributed by atoms with E-state index in [-0.39, 0.29) is 0 Å². The Labute approximate surface area is 119 Å². The van der Waals surface area contributed by atoms with Gasteiger partial charge in [-0.15, -0.1) is 0 Å². The fourth-order valence-electron chi connectivity index (χ4n) is 2.83. The van der Waals surface area contributed by atoms with Crippen LogP contribution in [0.3, 0.4) is 0 Å². The van der Waals surface area contributed by atoms with Crippen molar-refractivity contribution in [2.24, 2.45) is 0 Å². The van der Waals surface area contributed by atoms with Crippen LogP contribution in [0.1, 0.15) is 23.6 Å². The minimum absolute atomic E-state index is 0.336. The molecule has 2 aromatic carbocycles. The number of nitrogens with one attached hydrogen (secondary N) is 1. The number of rotatable bonds is 3. The summed E-state index contributed by atoms with van der Waals surface area (Å²) >= 11 is 0. The van der Waals surface area contributed by atoms with E-state index in [1.54, 1.807) is 6.07 Å². The van der Waals surface area contributed by atoms with Crippen molar-refractivity contribution >= 4 is 11.4 Å². The van der Waals surface area contributed by atoms with Crippen molar-refractivity contribution < 1.29 is 5.11 Å². The average molecular weight is 268 g/mol. The first kappa shape index (κ1) is 12.9. The summed E-state index contributed by atoms with van der Waals surface area (Å²) in [6.45, 7) is 0. The maximum Gasteiger partial charge on any atom is 0.115 e. The van der Waals surface area contributed by atoms with Crippen LogP contribution in [0.4, 0.5) is 11.4 Å². The van der Waals surface area contributed by atoms with E-state index in [1.165, 1.54) is 16.8 Å². The second-order valence-electron chi connectivity index (χ2n) is 5.56. The standard InChI is InChI=1S/C17H20N2O/c1-19(2)14-5-3-4-13(11-14)18-17-9-6-12-10-15(20)7-8-16(12)17/h3-5,7-8,10-11,17-18,20H,6,9H2,1-2H3. The summed E-state index contributed by atoms with van der Waals surface area (Å²) in [5, 5.41) is 13.1. The van der Waals surface area contributed by atoms with Crippen molar-refractivity contribution in [1.82, 2.24) is 0 Å². The number of hydrogen-bond donors (Lipinski definition) is 2. The predicted molar refractivity (Wildman–Crippen MR) is 83.6 cm³/mol. The third-order valence-electron chi connectivity index (χ3n) is 3.91. The molecule has 1 atom stereocenters. The highest BCUT2D eigenvalue weighted by molar-refractivity contribution is 5.59. The van der Waals surface area contributed by atoms with Gasteiger partial charge in [0.2, 0.25) is 0 Å². The van der Waals surface area contributed by atoms with Crippen LogP contribution >= 0.6 is 0 Å². The van der Waals surface area contributed by atoms with Gasteiger partial charge >= 0.3 is 0 Å². The number of anilines is 2. The Morgan fingerprint density at radius 3 is 2.80 bits per heavy atom. The molecule has 0 heterocycles. The Hall–Kier alpha value is -2.16. The van der Waals surface area contributed by atoms with E-state index < -0.39 is 0 Å². The van der Waals surface area contributed by atoms with E-state index in [1.807, 2.05) is 26.2 Å². The summed E-state index contributed by atoms with van der Waals surface area (Å²) in [5.41, 5.74) is 4.89. The zero-order chi connectivity index (χ0) is 14.1. The lowest BCUT2D eigenvalue weighted by Gasteiger charge is -2.18. The number of nitrogens with zero attached hydrogens (tertiary/aromatic N) is 1. The van der Waals surface area contributed by atoms with Gasteiger partial charge in [0.25, 0.3) is 0 Å². The van der Waals surface area contributed by atoms with Gasteiger partial charge in [0.05, 0.1) is 6.04 Å².